The van der Waals surface area contributed by atoms with Crippen molar-refractivity contribution in [3.8, 4) is 11.8 Å². The standard InChI is InChI=1S/C19H18Cl2N4O2/c20-16-7-14(2-1-11(16)8-22)27-15-5-12-9-25(10-13(12)6-15)19(26)17-3-4-18(21)24-23-17/h1-4,7,12-13,15,23-24H,5-6,9-10H2/t12-,13+,15?. The van der Waals surface area contributed by atoms with Crippen molar-refractivity contribution in [1.29, 1.82) is 5.26 Å². The first kappa shape index (κ1) is 18.0. The monoisotopic (exact) mass is 404 g/mol. The van der Waals surface area contributed by atoms with Crippen LogP contribution >= 0.6 is 23.2 Å². The minimum absolute atomic E-state index is 0.0198. The highest BCUT2D eigenvalue weighted by molar-refractivity contribution is 6.31. The van der Waals surface area contributed by atoms with Crippen LogP contribution in [0.25, 0.3) is 0 Å². The first-order valence-corrected chi connectivity index (χ1v) is 9.54. The van der Waals surface area contributed by atoms with Gasteiger partial charge in [0.2, 0.25) is 0 Å². The molecule has 0 aromatic heterocycles. The normalized spacial score (nSPS) is 26.3. The maximum Gasteiger partial charge on any atom is 0.271 e. The lowest BCUT2D eigenvalue weighted by Gasteiger charge is -2.23. The number of carbonyl (C=O) groups is 1. The maximum atomic E-state index is 12.6. The third-order valence-corrected chi connectivity index (χ3v) is 5.84. The predicted octanol–water partition coefficient (Wildman–Crippen LogP) is 2.90. The Bertz CT molecular complexity index is 863. The fourth-order valence-corrected chi connectivity index (χ4v) is 4.34. The van der Waals surface area contributed by atoms with Crippen LogP contribution in [0.15, 0.2) is 41.2 Å². The molecule has 0 bridgehead atoms. The van der Waals surface area contributed by atoms with Crippen LogP contribution < -0.4 is 15.6 Å². The topological polar surface area (TPSA) is 77.4 Å². The van der Waals surface area contributed by atoms with Gasteiger partial charge in [0.25, 0.3) is 5.91 Å². The second kappa shape index (κ2) is 7.34. The van der Waals surface area contributed by atoms with E-state index in [1.807, 2.05) is 11.0 Å². The Labute approximate surface area is 167 Å². The van der Waals surface area contributed by atoms with Crippen LogP contribution in [0.2, 0.25) is 5.02 Å². The Morgan fingerprint density at radius 3 is 2.52 bits per heavy atom. The van der Waals surface area contributed by atoms with E-state index in [4.69, 9.17) is 33.2 Å². The van der Waals surface area contributed by atoms with Crippen LogP contribution in [0.3, 0.4) is 0 Å². The fraction of sp³-hybridized carbons (Fsp3) is 0.368. The first-order chi connectivity index (χ1) is 13.0. The molecule has 1 aromatic carbocycles. The molecule has 2 N–H and O–H groups in total. The number of hydrazine groups is 1. The minimum Gasteiger partial charge on any atom is -0.490 e. The summed E-state index contributed by atoms with van der Waals surface area (Å²) in [6.07, 6.45) is 5.27. The van der Waals surface area contributed by atoms with E-state index in [1.54, 1.807) is 30.4 Å². The number of benzene rings is 1. The summed E-state index contributed by atoms with van der Waals surface area (Å²) in [7, 11) is 0. The molecular formula is C19H18Cl2N4O2. The molecule has 3 atom stereocenters. The SMILES string of the molecule is N#Cc1ccc(OC2C[C@@H]3CN(C(=O)C4=CC=C(Cl)NN4)C[C@@H]3C2)cc1Cl. The molecule has 0 radical (unpaired) electrons. The van der Waals surface area contributed by atoms with E-state index < -0.39 is 0 Å². The molecule has 1 amide bonds. The zero-order valence-corrected chi connectivity index (χ0v) is 15.9. The molecule has 1 unspecified atom stereocenters. The van der Waals surface area contributed by atoms with Gasteiger partial charge in [-0.1, -0.05) is 23.2 Å². The molecule has 0 spiro atoms. The number of nitrogens with zero attached hydrogens (tertiary/aromatic N) is 2. The maximum absolute atomic E-state index is 12.6. The van der Waals surface area contributed by atoms with E-state index in [9.17, 15) is 4.79 Å². The summed E-state index contributed by atoms with van der Waals surface area (Å²) in [5.74, 6) is 1.53. The number of likely N-dealkylation sites (tertiary alicyclic amines) is 1. The van der Waals surface area contributed by atoms with E-state index in [1.165, 1.54) is 0 Å². The van der Waals surface area contributed by atoms with E-state index >= 15 is 0 Å². The minimum atomic E-state index is -0.0198. The van der Waals surface area contributed by atoms with Crippen molar-refractivity contribution in [3.05, 3.63) is 51.8 Å². The number of ether oxygens (including phenoxy) is 1. The van der Waals surface area contributed by atoms with Gasteiger partial charge in [-0.2, -0.15) is 5.26 Å². The fourth-order valence-electron chi connectivity index (χ4n) is 4.02. The van der Waals surface area contributed by atoms with Gasteiger partial charge in [-0.3, -0.25) is 15.6 Å². The van der Waals surface area contributed by atoms with Crippen molar-refractivity contribution >= 4 is 29.1 Å². The Morgan fingerprint density at radius 1 is 1.19 bits per heavy atom. The lowest BCUT2D eigenvalue weighted by Crippen LogP contribution is -2.41. The Balaban J connectivity index is 1.34. The summed E-state index contributed by atoms with van der Waals surface area (Å²) in [5, 5.41) is 9.81. The molecular weight excluding hydrogens is 387 g/mol. The van der Waals surface area contributed by atoms with Gasteiger partial charge in [-0.15, -0.1) is 0 Å². The molecule has 2 heterocycles. The highest BCUT2D eigenvalue weighted by Crippen LogP contribution is 2.40. The zero-order valence-electron chi connectivity index (χ0n) is 14.4. The third kappa shape index (κ3) is 3.71. The molecule has 2 aliphatic heterocycles. The Kier molecular flexibility index (Phi) is 4.90. The van der Waals surface area contributed by atoms with Gasteiger partial charge in [0.15, 0.2) is 0 Å². The highest BCUT2D eigenvalue weighted by atomic mass is 35.5. The number of halogens is 2. The summed E-state index contributed by atoms with van der Waals surface area (Å²) >= 11 is 11.9. The summed E-state index contributed by atoms with van der Waals surface area (Å²) < 4.78 is 6.06. The van der Waals surface area contributed by atoms with Gasteiger partial charge in [0.05, 0.1) is 16.7 Å². The van der Waals surface area contributed by atoms with Crippen molar-refractivity contribution in [3.63, 3.8) is 0 Å². The predicted molar refractivity (Wildman–Crippen MR) is 102 cm³/mol. The van der Waals surface area contributed by atoms with E-state index in [-0.39, 0.29) is 12.0 Å². The summed E-state index contributed by atoms with van der Waals surface area (Å²) in [6.45, 7) is 1.46. The van der Waals surface area contributed by atoms with Crippen molar-refractivity contribution in [1.82, 2.24) is 15.8 Å². The van der Waals surface area contributed by atoms with Crippen molar-refractivity contribution in [2.24, 2.45) is 11.8 Å². The number of allylic oxidation sites excluding steroid dienone is 2. The van der Waals surface area contributed by atoms with Crippen LogP contribution in [0.1, 0.15) is 18.4 Å². The van der Waals surface area contributed by atoms with Crippen molar-refractivity contribution < 1.29 is 9.53 Å². The molecule has 3 aliphatic rings. The molecule has 1 saturated heterocycles. The van der Waals surface area contributed by atoms with E-state index in [0.717, 1.165) is 25.9 Å². The molecule has 8 heteroatoms. The van der Waals surface area contributed by atoms with Crippen LogP contribution in [-0.2, 0) is 4.79 Å². The second-order valence-corrected chi connectivity index (χ2v) is 7.85. The summed E-state index contributed by atoms with van der Waals surface area (Å²) in [6, 6.07) is 7.19. The number of amides is 1. The summed E-state index contributed by atoms with van der Waals surface area (Å²) in [5.41, 5.74) is 6.51. The van der Waals surface area contributed by atoms with Gasteiger partial charge in [-0.05, 0) is 49.0 Å². The van der Waals surface area contributed by atoms with Gasteiger partial charge in [0, 0.05) is 19.2 Å². The van der Waals surface area contributed by atoms with E-state index in [0.29, 0.717) is 39.0 Å². The average molecular weight is 405 g/mol. The lowest BCUT2D eigenvalue weighted by molar-refractivity contribution is -0.127. The molecule has 27 heavy (non-hydrogen) atoms. The number of hydrogen-bond acceptors (Lipinski definition) is 5. The average Bonchev–Trinajstić information content (AvgIpc) is 3.20. The van der Waals surface area contributed by atoms with Crippen LogP contribution in [0.4, 0.5) is 0 Å². The van der Waals surface area contributed by atoms with Crippen LogP contribution in [0.5, 0.6) is 5.75 Å². The van der Waals surface area contributed by atoms with Gasteiger partial charge < -0.3 is 9.64 Å². The lowest BCUT2D eigenvalue weighted by atomic mass is 10.0. The van der Waals surface area contributed by atoms with Gasteiger partial charge in [-0.25, -0.2) is 0 Å². The van der Waals surface area contributed by atoms with Gasteiger partial charge >= 0.3 is 0 Å². The molecule has 140 valence electrons. The number of nitrogens with one attached hydrogen (secondary N) is 2. The highest BCUT2D eigenvalue weighted by Gasteiger charge is 2.43. The second-order valence-electron chi connectivity index (χ2n) is 7.04. The van der Waals surface area contributed by atoms with Crippen molar-refractivity contribution in [2.75, 3.05) is 13.1 Å². The summed E-state index contributed by atoms with van der Waals surface area (Å²) in [4.78, 5) is 14.5. The van der Waals surface area contributed by atoms with Gasteiger partial charge in [0.1, 0.15) is 22.7 Å². The molecule has 6 nitrogen and oxygen atoms in total. The molecule has 4 rings (SSSR count). The molecule has 1 aliphatic carbocycles. The van der Waals surface area contributed by atoms with Crippen LogP contribution in [0, 0.1) is 23.2 Å². The van der Waals surface area contributed by atoms with E-state index in [2.05, 4.69) is 10.9 Å². The number of carbonyl (C=O) groups excluding carboxylic acids is 1. The Morgan fingerprint density at radius 2 is 1.93 bits per heavy atom. The smallest absolute Gasteiger partial charge is 0.271 e. The third-order valence-electron chi connectivity index (χ3n) is 5.30. The number of rotatable bonds is 3. The quantitative estimate of drug-likeness (QED) is 0.757. The largest absolute Gasteiger partial charge is 0.490 e. The molecule has 2 fully saturated rings. The number of hydrogen-bond donors (Lipinski definition) is 2. The number of nitriles is 1. The Hall–Kier alpha value is -2.36. The molecule has 1 saturated carbocycles. The number of fused-ring (bicyclic) bond motifs is 1. The first-order valence-electron chi connectivity index (χ1n) is 8.78. The van der Waals surface area contributed by atoms with Crippen molar-refractivity contribution in [2.45, 2.75) is 18.9 Å². The molecule has 1 aromatic rings. The van der Waals surface area contributed by atoms with Crippen LogP contribution in [-0.4, -0.2) is 30.0 Å². The zero-order chi connectivity index (χ0) is 19.0.